The van der Waals surface area contributed by atoms with Crippen LogP contribution in [0, 0.1) is 6.92 Å². The Hall–Kier alpha value is -3.39. The van der Waals surface area contributed by atoms with Gasteiger partial charge in [0, 0.05) is 5.56 Å². The molecule has 142 valence electrons. The molecule has 1 fully saturated rings. The van der Waals surface area contributed by atoms with Gasteiger partial charge < -0.3 is 10.5 Å². The second kappa shape index (κ2) is 8.10. The van der Waals surface area contributed by atoms with Crippen LogP contribution < -0.4 is 10.5 Å². The molecule has 0 bridgehead atoms. The van der Waals surface area contributed by atoms with Gasteiger partial charge in [0.25, 0.3) is 11.1 Å². The summed E-state index contributed by atoms with van der Waals surface area (Å²) >= 11 is 0.694. The SMILES string of the molecule is Cc1ccc(C(=O)Oc2ccccc2/C=C2\SC(=O)N(CC(N)=O)C2=O)cc1. The summed E-state index contributed by atoms with van der Waals surface area (Å²) in [5, 5.41) is -0.579. The van der Waals surface area contributed by atoms with Gasteiger partial charge in [0.2, 0.25) is 5.91 Å². The third kappa shape index (κ3) is 4.29. The zero-order valence-corrected chi connectivity index (χ0v) is 15.7. The van der Waals surface area contributed by atoms with Gasteiger partial charge in [-0.25, -0.2) is 4.79 Å². The number of thioether (sulfide) groups is 1. The number of primary amides is 1. The standard InChI is InChI=1S/C20H16N2O5S/c1-12-6-8-13(9-7-12)19(25)27-15-5-3-2-4-14(15)10-16-18(24)22(11-17(21)23)20(26)28-16/h2-10H,11H2,1H3,(H2,21,23)/b16-10-. The lowest BCUT2D eigenvalue weighted by molar-refractivity contribution is -0.127. The number of hydrogen-bond acceptors (Lipinski definition) is 6. The van der Waals surface area contributed by atoms with Gasteiger partial charge in [0.15, 0.2) is 0 Å². The van der Waals surface area contributed by atoms with Crippen molar-refractivity contribution < 1.29 is 23.9 Å². The minimum absolute atomic E-state index is 0.116. The number of benzene rings is 2. The van der Waals surface area contributed by atoms with Gasteiger partial charge in [-0.15, -0.1) is 0 Å². The van der Waals surface area contributed by atoms with Gasteiger partial charge in [0.1, 0.15) is 12.3 Å². The third-order valence-electron chi connectivity index (χ3n) is 3.88. The molecule has 1 aliphatic heterocycles. The minimum Gasteiger partial charge on any atom is -0.422 e. The number of amides is 3. The van der Waals surface area contributed by atoms with Crippen LogP contribution >= 0.6 is 11.8 Å². The van der Waals surface area contributed by atoms with E-state index in [0.29, 0.717) is 22.9 Å². The maximum absolute atomic E-state index is 12.4. The number of carbonyl (C=O) groups is 4. The molecule has 0 saturated carbocycles. The van der Waals surface area contributed by atoms with Gasteiger partial charge in [-0.05, 0) is 43.0 Å². The van der Waals surface area contributed by atoms with E-state index in [1.54, 1.807) is 48.5 Å². The first kappa shape index (κ1) is 19.4. The van der Waals surface area contributed by atoms with Crippen LogP contribution in [0.1, 0.15) is 21.5 Å². The molecule has 0 aromatic heterocycles. The molecule has 7 nitrogen and oxygen atoms in total. The lowest BCUT2D eigenvalue weighted by Gasteiger charge is -2.09. The summed E-state index contributed by atoms with van der Waals surface area (Å²) < 4.78 is 5.46. The van der Waals surface area contributed by atoms with Crippen LogP contribution in [0.5, 0.6) is 5.75 Å². The first-order chi connectivity index (χ1) is 13.3. The van der Waals surface area contributed by atoms with Crippen molar-refractivity contribution in [1.82, 2.24) is 4.90 Å². The second-order valence-electron chi connectivity index (χ2n) is 6.03. The van der Waals surface area contributed by atoms with Crippen LogP contribution in [0.3, 0.4) is 0 Å². The summed E-state index contributed by atoms with van der Waals surface area (Å²) in [6.45, 7) is 1.43. The molecule has 0 radical (unpaired) electrons. The smallest absolute Gasteiger partial charge is 0.343 e. The highest BCUT2D eigenvalue weighted by atomic mass is 32.2. The predicted octanol–water partition coefficient (Wildman–Crippen LogP) is 2.74. The molecule has 2 N–H and O–H groups in total. The van der Waals surface area contributed by atoms with Crippen LogP contribution in [-0.4, -0.2) is 34.5 Å². The van der Waals surface area contributed by atoms with Crippen LogP contribution in [0.15, 0.2) is 53.4 Å². The Morgan fingerprint density at radius 3 is 2.46 bits per heavy atom. The number of imide groups is 1. The molecule has 0 spiro atoms. The van der Waals surface area contributed by atoms with Crippen molar-refractivity contribution in [2.75, 3.05) is 6.54 Å². The molecule has 8 heteroatoms. The average Bonchev–Trinajstić information content (AvgIpc) is 2.91. The summed E-state index contributed by atoms with van der Waals surface area (Å²) in [5.74, 6) is -1.69. The van der Waals surface area contributed by atoms with Crippen molar-refractivity contribution in [3.8, 4) is 5.75 Å². The normalized spacial score (nSPS) is 15.2. The molecule has 0 atom stereocenters. The highest BCUT2D eigenvalue weighted by Gasteiger charge is 2.36. The fourth-order valence-corrected chi connectivity index (χ4v) is 3.30. The van der Waals surface area contributed by atoms with Crippen molar-refractivity contribution >= 4 is 40.9 Å². The summed E-state index contributed by atoms with van der Waals surface area (Å²) in [4.78, 5) is 48.6. The fraction of sp³-hybridized carbons (Fsp3) is 0.100. The molecule has 3 rings (SSSR count). The number of carbonyl (C=O) groups excluding carboxylic acids is 4. The Kier molecular flexibility index (Phi) is 5.60. The Morgan fingerprint density at radius 2 is 1.79 bits per heavy atom. The van der Waals surface area contributed by atoms with Crippen molar-refractivity contribution in [3.63, 3.8) is 0 Å². The summed E-state index contributed by atoms with van der Waals surface area (Å²) in [5.41, 5.74) is 6.93. The summed E-state index contributed by atoms with van der Waals surface area (Å²) in [6.07, 6.45) is 1.45. The van der Waals surface area contributed by atoms with E-state index in [2.05, 4.69) is 0 Å². The van der Waals surface area contributed by atoms with E-state index < -0.39 is 29.6 Å². The first-order valence-corrected chi connectivity index (χ1v) is 9.08. The number of esters is 1. The zero-order chi connectivity index (χ0) is 20.3. The van der Waals surface area contributed by atoms with Gasteiger partial charge in [-0.1, -0.05) is 35.9 Å². The largest absolute Gasteiger partial charge is 0.422 e. The molecular weight excluding hydrogens is 380 g/mol. The number of aryl methyl sites for hydroxylation is 1. The third-order valence-corrected chi connectivity index (χ3v) is 4.79. The fourth-order valence-electron chi connectivity index (χ4n) is 2.47. The Balaban J connectivity index is 1.84. The van der Waals surface area contributed by atoms with E-state index in [1.807, 2.05) is 6.92 Å². The molecule has 0 aliphatic carbocycles. The first-order valence-electron chi connectivity index (χ1n) is 8.26. The van der Waals surface area contributed by atoms with Crippen molar-refractivity contribution in [2.24, 2.45) is 5.73 Å². The number of ether oxygens (including phenoxy) is 1. The summed E-state index contributed by atoms with van der Waals surface area (Å²) in [6, 6.07) is 13.6. The van der Waals surface area contributed by atoms with Crippen molar-refractivity contribution in [2.45, 2.75) is 6.92 Å². The molecule has 28 heavy (non-hydrogen) atoms. The van der Waals surface area contributed by atoms with Gasteiger partial charge in [0.05, 0.1) is 10.5 Å². The number of rotatable bonds is 5. The average molecular weight is 396 g/mol. The maximum Gasteiger partial charge on any atom is 0.343 e. The summed E-state index contributed by atoms with van der Waals surface area (Å²) in [7, 11) is 0. The lowest BCUT2D eigenvalue weighted by atomic mass is 10.1. The molecule has 1 aliphatic rings. The van der Waals surface area contributed by atoms with Crippen LogP contribution in [-0.2, 0) is 9.59 Å². The molecule has 1 heterocycles. The second-order valence-corrected chi connectivity index (χ2v) is 7.02. The molecule has 1 saturated heterocycles. The van der Waals surface area contributed by atoms with E-state index >= 15 is 0 Å². The number of nitrogens with zero attached hydrogens (tertiary/aromatic N) is 1. The topological polar surface area (TPSA) is 107 Å². The molecule has 2 aromatic carbocycles. The quantitative estimate of drug-likeness (QED) is 0.473. The molecular formula is C20H16N2O5S. The Morgan fingerprint density at radius 1 is 1.11 bits per heavy atom. The molecule has 2 aromatic rings. The van der Waals surface area contributed by atoms with Crippen LogP contribution in [0.2, 0.25) is 0 Å². The number of hydrogen-bond donors (Lipinski definition) is 1. The lowest BCUT2D eigenvalue weighted by Crippen LogP contribution is -2.36. The Bertz CT molecular complexity index is 998. The molecule has 0 unspecified atom stereocenters. The Labute approximate surface area is 165 Å². The number of para-hydroxylation sites is 1. The van der Waals surface area contributed by atoms with E-state index in [0.717, 1.165) is 10.5 Å². The van der Waals surface area contributed by atoms with Crippen molar-refractivity contribution in [1.29, 1.82) is 0 Å². The van der Waals surface area contributed by atoms with Gasteiger partial charge in [-0.2, -0.15) is 0 Å². The monoisotopic (exact) mass is 396 g/mol. The van der Waals surface area contributed by atoms with E-state index in [4.69, 9.17) is 10.5 Å². The van der Waals surface area contributed by atoms with Crippen molar-refractivity contribution in [3.05, 3.63) is 70.1 Å². The van der Waals surface area contributed by atoms with E-state index in [9.17, 15) is 19.2 Å². The van der Waals surface area contributed by atoms with E-state index in [1.165, 1.54) is 6.08 Å². The predicted molar refractivity (Wildman–Crippen MR) is 104 cm³/mol. The zero-order valence-electron chi connectivity index (χ0n) is 14.9. The highest BCUT2D eigenvalue weighted by molar-refractivity contribution is 8.18. The van der Waals surface area contributed by atoms with Crippen LogP contribution in [0.4, 0.5) is 4.79 Å². The molecule has 3 amide bonds. The highest BCUT2D eigenvalue weighted by Crippen LogP contribution is 2.33. The van der Waals surface area contributed by atoms with Gasteiger partial charge >= 0.3 is 5.97 Å². The number of nitrogens with two attached hydrogens (primary N) is 1. The van der Waals surface area contributed by atoms with E-state index in [-0.39, 0.29) is 10.7 Å². The minimum atomic E-state index is -0.782. The van der Waals surface area contributed by atoms with Crippen LogP contribution in [0.25, 0.3) is 6.08 Å². The maximum atomic E-state index is 12.4. The van der Waals surface area contributed by atoms with Gasteiger partial charge in [-0.3, -0.25) is 19.3 Å².